The van der Waals surface area contributed by atoms with Crippen LogP contribution in [0, 0.1) is 9.49 Å². The van der Waals surface area contributed by atoms with Crippen LogP contribution in [0.5, 0.6) is 0 Å². The minimum atomic E-state index is -1.51. The standard InChI is InChI=1S/C20H14ClIN2O4/c21-11-7-13(22)16-15(8-11)24-19(26)17(18(16)25)20(27)28-6-5-10-9-23-14-4-2-1-3-12(10)14/h1-4,7-9,17,23H,5-6H2,(H,24,26). The summed E-state index contributed by atoms with van der Waals surface area (Å²) in [7, 11) is 0. The minimum absolute atomic E-state index is 0.0717. The maximum atomic E-state index is 12.8. The number of para-hydroxylation sites is 1. The highest BCUT2D eigenvalue weighted by Crippen LogP contribution is 2.33. The van der Waals surface area contributed by atoms with E-state index in [1.165, 1.54) is 6.07 Å². The molecular formula is C20H14ClIN2O4. The third kappa shape index (κ3) is 3.40. The molecule has 8 heteroatoms. The van der Waals surface area contributed by atoms with Gasteiger partial charge < -0.3 is 15.0 Å². The number of hydrogen-bond acceptors (Lipinski definition) is 4. The number of rotatable bonds is 4. The van der Waals surface area contributed by atoms with Gasteiger partial charge in [-0.3, -0.25) is 14.4 Å². The molecule has 3 aromatic rings. The van der Waals surface area contributed by atoms with E-state index in [1.54, 1.807) is 6.07 Å². The van der Waals surface area contributed by atoms with Gasteiger partial charge in [-0.15, -0.1) is 0 Å². The fourth-order valence-electron chi connectivity index (χ4n) is 3.29. The number of Topliss-reactive ketones (excluding diaryl/α,β-unsaturated/α-hetero) is 1. The molecule has 6 nitrogen and oxygen atoms in total. The van der Waals surface area contributed by atoms with E-state index in [9.17, 15) is 14.4 Å². The summed E-state index contributed by atoms with van der Waals surface area (Å²) in [6.45, 7) is 0.0717. The molecule has 1 unspecified atom stereocenters. The van der Waals surface area contributed by atoms with Crippen LogP contribution in [0.1, 0.15) is 15.9 Å². The summed E-state index contributed by atoms with van der Waals surface area (Å²) in [5, 5.41) is 4.02. The molecule has 0 saturated heterocycles. The van der Waals surface area contributed by atoms with E-state index in [0.717, 1.165) is 16.5 Å². The number of H-pyrrole nitrogens is 1. The quantitative estimate of drug-likeness (QED) is 0.317. The number of anilines is 1. The van der Waals surface area contributed by atoms with Gasteiger partial charge in [0.2, 0.25) is 5.91 Å². The molecule has 1 atom stereocenters. The predicted octanol–water partition coefficient (Wildman–Crippen LogP) is 3.96. The van der Waals surface area contributed by atoms with E-state index in [0.29, 0.717) is 20.7 Å². The van der Waals surface area contributed by atoms with Crippen molar-refractivity contribution in [3.63, 3.8) is 0 Å². The molecule has 2 N–H and O–H groups in total. The highest BCUT2D eigenvalue weighted by atomic mass is 127. The van der Waals surface area contributed by atoms with Crippen molar-refractivity contribution in [1.29, 1.82) is 0 Å². The summed E-state index contributed by atoms with van der Waals surface area (Å²) >= 11 is 7.93. The maximum absolute atomic E-state index is 12.8. The van der Waals surface area contributed by atoms with Crippen molar-refractivity contribution in [2.75, 3.05) is 11.9 Å². The Morgan fingerprint density at radius 3 is 2.82 bits per heavy atom. The number of ether oxygens (including phenoxy) is 1. The van der Waals surface area contributed by atoms with Gasteiger partial charge in [-0.25, -0.2) is 0 Å². The summed E-state index contributed by atoms with van der Waals surface area (Å²) in [5.41, 5.74) is 2.59. The number of amides is 1. The highest BCUT2D eigenvalue weighted by molar-refractivity contribution is 14.1. The van der Waals surface area contributed by atoms with Crippen LogP contribution < -0.4 is 5.32 Å². The van der Waals surface area contributed by atoms with E-state index in [-0.39, 0.29) is 12.2 Å². The lowest BCUT2D eigenvalue weighted by Gasteiger charge is -2.23. The molecule has 0 bridgehead atoms. The molecular weight excluding hydrogens is 495 g/mol. The maximum Gasteiger partial charge on any atom is 0.326 e. The van der Waals surface area contributed by atoms with Crippen LogP contribution in [-0.2, 0) is 20.7 Å². The normalized spacial score (nSPS) is 16.0. The Hall–Kier alpha value is -2.39. The molecule has 2 aromatic carbocycles. The van der Waals surface area contributed by atoms with Gasteiger partial charge in [0.15, 0.2) is 11.7 Å². The second-order valence-electron chi connectivity index (χ2n) is 6.37. The molecule has 2 heterocycles. The summed E-state index contributed by atoms with van der Waals surface area (Å²) in [6, 6.07) is 10.9. The van der Waals surface area contributed by atoms with Crippen molar-refractivity contribution >= 4 is 68.4 Å². The predicted molar refractivity (Wildman–Crippen MR) is 114 cm³/mol. The number of aromatic amines is 1. The zero-order valence-corrected chi connectivity index (χ0v) is 17.3. The molecule has 0 saturated carbocycles. The Morgan fingerprint density at radius 1 is 1.21 bits per heavy atom. The van der Waals surface area contributed by atoms with Crippen molar-refractivity contribution in [3.8, 4) is 0 Å². The molecule has 1 aromatic heterocycles. The average molecular weight is 509 g/mol. The summed E-state index contributed by atoms with van der Waals surface area (Å²) in [4.78, 5) is 40.7. The fourth-order valence-corrected chi connectivity index (χ4v) is 4.58. The number of nitrogens with one attached hydrogen (secondary N) is 2. The van der Waals surface area contributed by atoms with Gasteiger partial charge in [0.25, 0.3) is 0 Å². The number of esters is 1. The molecule has 1 amide bonds. The topological polar surface area (TPSA) is 88.3 Å². The molecule has 0 spiro atoms. The summed E-state index contributed by atoms with van der Waals surface area (Å²) < 4.78 is 5.83. The fraction of sp³-hybridized carbons (Fsp3) is 0.150. The molecule has 1 aliphatic rings. The van der Waals surface area contributed by atoms with Crippen LogP contribution in [0.2, 0.25) is 5.02 Å². The smallest absolute Gasteiger partial charge is 0.326 e. The largest absolute Gasteiger partial charge is 0.464 e. The van der Waals surface area contributed by atoms with E-state index >= 15 is 0 Å². The van der Waals surface area contributed by atoms with Gasteiger partial charge in [-0.05, 0) is 46.4 Å². The van der Waals surface area contributed by atoms with Crippen LogP contribution in [0.3, 0.4) is 0 Å². The molecule has 1 aliphatic heterocycles. The first-order chi connectivity index (χ1) is 13.5. The Balaban J connectivity index is 1.47. The van der Waals surface area contributed by atoms with E-state index in [4.69, 9.17) is 16.3 Å². The number of hydrogen-bond donors (Lipinski definition) is 2. The van der Waals surface area contributed by atoms with E-state index in [2.05, 4.69) is 10.3 Å². The second-order valence-corrected chi connectivity index (χ2v) is 7.97. The average Bonchev–Trinajstić information content (AvgIpc) is 3.04. The first-order valence-corrected chi connectivity index (χ1v) is 9.97. The number of halogens is 2. The number of aromatic nitrogens is 1. The zero-order valence-electron chi connectivity index (χ0n) is 14.4. The molecule has 0 radical (unpaired) electrons. The Morgan fingerprint density at radius 2 is 2.00 bits per heavy atom. The first-order valence-electron chi connectivity index (χ1n) is 8.51. The van der Waals surface area contributed by atoms with Crippen LogP contribution in [0.15, 0.2) is 42.6 Å². The number of fused-ring (bicyclic) bond motifs is 2. The van der Waals surface area contributed by atoms with Crippen LogP contribution in [-0.4, -0.2) is 29.3 Å². The molecule has 28 heavy (non-hydrogen) atoms. The third-order valence-electron chi connectivity index (χ3n) is 4.61. The summed E-state index contributed by atoms with van der Waals surface area (Å²) in [5.74, 6) is -3.63. The highest BCUT2D eigenvalue weighted by Gasteiger charge is 2.42. The molecule has 0 aliphatic carbocycles. The van der Waals surface area contributed by atoms with Gasteiger partial charge in [0.05, 0.1) is 17.9 Å². The van der Waals surface area contributed by atoms with Crippen LogP contribution in [0.4, 0.5) is 5.69 Å². The lowest BCUT2D eigenvalue weighted by Crippen LogP contribution is -2.42. The van der Waals surface area contributed by atoms with Crippen molar-refractivity contribution < 1.29 is 19.1 Å². The van der Waals surface area contributed by atoms with Crippen molar-refractivity contribution in [2.24, 2.45) is 5.92 Å². The zero-order chi connectivity index (χ0) is 19.8. The SMILES string of the molecule is O=C1Nc2cc(Cl)cc(I)c2C(=O)C1C(=O)OCCc1c[nH]c2ccccc12. The van der Waals surface area contributed by atoms with Gasteiger partial charge >= 0.3 is 5.97 Å². The Kier molecular flexibility index (Phi) is 5.11. The van der Waals surface area contributed by atoms with Gasteiger partial charge in [0.1, 0.15) is 0 Å². The van der Waals surface area contributed by atoms with Crippen LogP contribution in [0.25, 0.3) is 10.9 Å². The van der Waals surface area contributed by atoms with E-state index < -0.39 is 23.6 Å². The van der Waals surface area contributed by atoms with Gasteiger partial charge in [0, 0.05) is 32.1 Å². The number of carbonyl (C=O) groups is 3. The Labute approximate surface area is 178 Å². The monoisotopic (exact) mass is 508 g/mol. The first kappa shape index (κ1) is 18.9. The minimum Gasteiger partial charge on any atom is -0.464 e. The van der Waals surface area contributed by atoms with Gasteiger partial charge in [-0.2, -0.15) is 0 Å². The number of carbonyl (C=O) groups excluding carboxylic acids is 3. The molecule has 4 rings (SSSR count). The molecule has 142 valence electrons. The lowest BCUT2D eigenvalue weighted by molar-refractivity contribution is -0.149. The Bertz CT molecular complexity index is 1120. The number of ketones is 1. The summed E-state index contributed by atoms with van der Waals surface area (Å²) in [6.07, 6.45) is 2.33. The van der Waals surface area contributed by atoms with Crippen molar-refractivity contribution in [2.45, 2.75) is 6.42 Å². The van der Waals surface area contributed by atoms with Crippen molar-refractivity contribution in [3.05, 3.63) is 62.3 Å². The van der Waals surface area contributed by atoms with E-state index in [1.807, 2.05) is 53.1 Å². The lowest BCUT2D eigenvalue weighted by atomic mass is 9.91. The third-order valence-corrected chi connectivity index (χ3v) is 5.68. The van der Waals surface area contributed by atoms with Crippen LogP contribution >= 0.6 is 34.2 Å². The number of benzene rings is 2. The van der Waals surface area contributed by atoms with Crippen molar-refractivity contribution in [1.82, 2.24) is 4.98 Å². The van der Waals surface area contributed by atoms with Gasteiger partial charge in [-0.1, -0.05) is 29.8 Å². The second kappa shape index (κ2) is 7.56. The molecule has 0 fully saturated rings.